The van der Waals surface area contributed by atoms with Crippen molar-refractivity contribution in [1.29, 1.82) is 0 Å². The smallest absolute Gasteiger partial charge is 0.122 e. The zero-order valence-electron chi connectivity index (χ0n) is 20.7. The van der Waals surface area contributed by atoms with Crippen molar-refractivity contribution in [2.75, 3.05) is 24.9 Å². The number of methoxy groups -OCH3 is 1. The summed E-state index contributed by atoms with van der Waals surface area (Å²) in [6, 6.07) is -2.62. The SMILES string of the molecule is [2H]c1c(Br)c([2H])c(N2C([2H])([2H])C([2H])([2H])C([2H])([2H])C2([2H])[2H])c([2H])c1OC([2H])([2H])[2H]. The van der Waals surface area contributed by atoms with Gasteiger partial charge in [0.25, 0.3) is 0 Å². The molecule has 0 bridgehead atoms. The third-order valence-corrected chi connectivity index (χ3v) is 1.80. The standard InChI is InChI=1S/C11H14BrNO/c1-14-11-7-9(12)6-10(8-11)13-4-2-3-5-13/h6-8H,2-5H2,1H3/i1D3,2D2,3D2,4D2,5D2,6D,7D,8D. The lowest BCUT2D eigenvalue weighted by atomic mass is 10.3. The van der Waals surface area contributed by atoms with Gasteiger partial charge in [0.15, 0.2) is 0 Å². The van der Waals surface area contributed by atoms with E-state index in [-0.39, 0.29) is 4.90 Å². The number of nitrogens with zero attached hydrogens (tertiary/aromatic N) is 1. The van der Waals surface area contributed by atoms with Gasteiger partial charge in [-0.2, -0.15) is 0 Å². The molecule has 2 nitrogen and oxygen atoms in total. The molecule has 0 spiro atoms. The average Bonchev–Trinajstić information content (AvgIpc) is 2.57. The van der Waals surface area contributed by atoms with Crippen molar-refractivity contribution in [2.24, 2.45) is 0 Å². The van der Waals surface area contributed by atoms with Crippen LogP contribution in [0.25, 0.3) is 0 Å². The zero-order chi connectivity index (χ0) is 22.2. The molecule has 3 heteroatoms. The van der Waals surface area contributed by atoms with Crippen LogP contribution < -0.4 is 9.64 Å². The minimum absolute atomic E-state index is 0.0404. The van der Waals surface area contributed by atoms with Gasteiger partial charge < -0.3 is 9.64 Å². The number of hydrogen-bond acceptors (Lipinski definition) is 2. The number of anilines is 1. The van der Waals surface area contributed by atoms with Gasteiger partial charge in [-0.15, -0.1) is 0 Å². The summed E-state index contributed by atoms with van der Waals surface area (Å²) in [5.41, 5.74) is -0.956. The summed E-state index contributed by atoms with van der Waals surface area (Å²) in [7, 11) is -3.13. The van der Waals surface area contributed by atoms with Crippen LogP contribution >= 0.6 is 15.9 Å². The molecule has 1 aromatic rings. The lowest BCUT2D eigenvalue weighted by Crippen LogP contribution is -2.17. The summed E-state index contributed by atoms with van der Waals surface area (Å²) in [5, 5.41) is 0. The molecule has 0 N–H and O–H groups in total. The van der Waals surface area contributed by atoms with Gasteiger partial charge in [0.1, 0.15) is 5.75 Å². The maximum atomic E-state index is 8.13. The molecule has 1 fully saturated rings. The van der Waals surface area contributed by atoms with E-state index in [0.29, 0.717) is 0 Å². The molecule has 0 amide bonds. The zero-order valence-corrected chi connectivity index (χ0v) is 8.32. The van der Waals surface area contributed by atoms with E-state index in [1.165, 1.54) is 0 Å². The first kappa shape index (κ1) is 2.51. The van der Waals surface area contributed by atoms with Crippen molar-refractivity contribution in [3.05, 3.63) is 22.6 Å². The average molecular weight is 270 g/mol. The van der Waals surface area contributed by atoms with E-state index >= 15 is 0 Å². The molecule has 14 heavy (non-hydrogen) atoms. The van der Waals surface area contributed by atoms with E-state index in [0.717, 1.165) is 0 Å². The Labute approximate surface area is 113 Å². The Morgan fingerprint density at radius 1 is 1.50 bits per heavy atom. The molecular formula is C11H14BrNO. The number of hydrogen-bond donors (Lipinski definition) is 0. The molecule has 1 aliphatic heterocycles. The van der Waals surface area contributed by atoms with Crippen LogP contribution in [-0.2, 0) is 0 Å². The summed E-state index contributed by atoms with van der Waals surface area (Å²) in [5.74, 6) is -0.919. The molecule has 0 aromatic heterocycles. The minimum Gasteiger partial charge on any atom is -0.497 e. The molecule has 0 aliphatic carbocycles. The molecule has 1 aromatic carbocycles. The highest BCUT2D eigenvalue weighted by molar-refractivity contribution is 9.10. The van der Waals surface area contributed by atoms with Crippen molar-refractivity contribution in [1.82, 2.24) is 0 Å². The largest absolute Gasteiger partial charge is 0.497 e. The Hall–Kier alpha value is -0.700. The predicted molar refractivity (Wildman–Crippen MR) is 62.1 cm³/mol. The maximum absolute atomic E-state index is 8.13. The lowest BCUT2D eigenvalue weighted by molar-refractivity contribution is 0.414. The predicted octanol–water partition coefficient (Wildman–Crippen LogP) is 3.06. The van der Waals surface area contributed by atoms with E-state index in [9.17, 15) is 0 Å². The van der Waals surface area contributed by atoms with Crippen LogP contribution in [0, 0.1) is 0 Å². The van der Waals surface area contributed by atoms with E-state index in [1.54, 1.807) is 0 Å². The summed E-state index contributed by atoms with van der Waals surface area (Å²) in [6.07, 6.45) is -6.83. The molecule has 2 rings (SSSR count). The first-order valence-electron chi connectivity index (χ1n) is 10.5. The Morgan fingerprint density at radius 3 is 3.00 bits per heavy atom. The van der Waals surface area contributed by atoms with Crippen LogP contribution in [0.15, 0.2) is 22.6 Å². The van der Waals surface area contributed by atoms with E-state index in [4.69, 9.17) is 19.2 Å². The third-order valence-electron chi connectivity index (χ3n) is 1.41. The number of rotatable bonds is 2. The maximum Gasteiger partial charge on any atom is 0.122 e. The lowest BCUT2D eigenvalue weighted by Gasteiger charge is -2.18. The summed E-state index contributed by atoms with van der Waals surface area (Å²) in [6.45, 7) is -6.77. The summed E-state index contributed by atoms with van der Waals surface area (Å²) in [4.78, 5) is -0.0404. The van der Waals surface area contributed by atoms with Gasteiger partial charge in [0.2, 0.25) is 0 Å². The molecule has 0 radical (unpaired) electrons. The number of ether oxygens (including phenoxy) is 1. The van der Waals surface area contributed by atoms with Crippen molar-refractivity contribution in [3.63, 3.8) is 0 Å². The van der Waals surface area contributed by atoms with Crippen molar-refractivity contribution >= 4 is 21.6 Å². The molecule has 1 heterocycles. The van der Waals surface area contributed by atoms with Crippen LogP contribution in [0.1, 0.15) is 31.9 Å². The molecular weight excluding hydrogens is 242 g/mol. The van der Waals surface area contributed by atoms with Crippen LogP contribution in [0.4, 0.5) is 5.69 Å². The molecule has 0 unspecified atom stereocenters. The van der Waals surface area contributed by atoms with Crippen LogP contribution in [-0.4, -0.2) is 20.0 Å². The minimum atomic E-state index is -3.42. The Bertz CT molecular complexity index is 793. The highest BCUT2D eigenvalue weighted by atomic mass is 79.9. The van der Waals surface area contributed by atoms with Gasteiger partial charge in [-0.05, 0) is 24.8 Å². The second-order valence-corrected chi connectivity index (χ2v) is 3.07. The van der Waals surface area contributed by atoms with Crippen LogP contribution in [0.3, 0.4) is 0 Å². The van der Waals surface area contributed by atoms with Crippen molar-refractivity contribution in [3.8, 4) is 5.75 Å². The quantitative estimate of drug-likeness (QED) is 0.819. The van der Waals surface area contributed by atoms with Gasteiger partial charge in [0.05, 0.1) is 15.3 Å². The third kappa shape index (κ3) is 2.03. The van der Waals surface area contributed by atoms with Gasteiger partial charge in [0, 0.05) is 40.2 Å². The Balaban J connectivity index is 2.92. The molecule has 76 valence electrons. The number of benzene rings is 1. The monoisotopic (exact) mass is 269 g/mol. The fourth-order valence-electron chi connectivity index (χ4n) is 0.875. The summed E-state index contributed by atoms with van der Waals surface area (Å²) < 4.78 is 113. The van der Waals surface area contributed by atoms with Gasteiger partial charge >= 0.3 is 0 Å². The molecule has 1 aliphatic rings. The van der Waals surface area contributed by atoms with Crippen LogP contribution in [0.2, 0.25) is 0 Å². The first-order chi connectivity index (χ1) is 12.2. The van der Waals surface area contributed by atoms with E-state index < -0.39 is 66.8 Å². The molecule has 0 atom stereocenters. The Kier molecular flexibility index (Phi) is 0.757. The fraction of sp³-hybridized carbons (Fsp3) is 0.455. The fourth-order valence-corrected chi connectivity index (χ4v) is 1.24. The first-order valence-corrected chi connectivity index (χ1v) is 4.31. The molecule has 0 saturated carbocycles. The second kappa shape index (κ2) is 4.22. The van der Waals surface area contributed by atoms with Crippen molar-refractivity contribution < 1.29 is 23.9 Å². The van der Waals surface area contributed by atoms with Gasteiger partial charge in [-0.25, -0.2) is 0 Å². The van der Waals surface area contributed by atoms with Gasteiger partial charge in [-0.1, -0.05) is 15.9 Å². The normalized spacial score (nSPS) is 45.9. The Morgan fingerprint density at radius 2 is 2.29 bits per heavy atom. The van der Waals surface area contributed by atoms with Gasteiger partial charge in [-0.3, -0.25) is 0 Å². The van der Waals surface area contributed by atoms with E-state index in [1.807, 2.05) is 0 Å². The topological polar surface area (TPSA) is 12.5 Å². The highest BCUT2D eigenvalue weighted by Gasteiger charge is 2.13. The van der Waals surface area contributed by atoms with Crippen LogP contribution in [0.5, 0.6) is 5.75 Å². The van der Waals surface area contributed by atoms with E-state index in [2.05, 4.69) is 20.7 Å². The highest BCUT2D eigenvalue weighted by Crippen LogP contribution is 2.29. The number of halogens is 1. The second-order valence-electron chi connectivity index (χ2n) is 2.28. The summed E-state index contributed by atoms with van der Waals surface area (Å²) >= 11 is 2.82. The van der Waals surface area contributed by atoms with Crippen molar-refractivity contribution in [2.45, 2.75) is 12.7 Å². The molecule has 1 saturated heterocycles.